The van der Waals surface area contributed by atoms with E-state index in [4.69, 9.17) is 0 Å². The van der Waals surface area contributed by atoms with E-state index in [2.05, 4.69) is 34.6 Å². The molecule has 0 aliphatic rings. The van der Waals surface area contributed by atoms with E-state index in [9.17, 15) is 4.39 Å². The third-order valence-electron chi connectivity index (χ3n) is 3.61. The summed E-state index contributed by atoms with van der Waals surface area (Å²) in [4.78, 5) is 0. The molecule has 1 aromatic carbocycles. The van der Waals surface area contributed by atoms with E-state index in [-0.39, 0.29) is 11.2 Å². The molecule has 16 heavy (non-hydrogen) atoms. The van der Waals surface area contributed by atoms with Crippen LogP contribution in [0.4, 0.5) is 4.39 Å². The highest BCUT2D eigenvalue weighted by Gasteiger charge is 2.30. The first-order valence-electron chi connectivity index (χ1n) is 6.12. The molecule has 0 saturated heterocycles. The van der Waals surface area contributed by atoms with Crippen LogP contribution in [0.1, 0.15) is 46.6 Å². The van der Waals surface area contributed by atoms with Crippen LogP contribution in [-0.4, -0.2) is 0 Å². The Balaban J connectivity index is 3.06. The van der Waals surface area contributed by atoms with Gasteiger partial charge in [0.1, 0.15) is 5.82 Å². The van der Waals surface area contributed by atoms with Crippen molar-refractivity contribution in [3.63, 3.8) is 0 Å². The summed E-state index contributed by atoms with van der Waals surface area (Å²) in [6, 6.07) is 6.99. The number of rotatable bonds is 4. The van der Waals surface area contributed by atoms with Gasteiger partial charge in [0.25, 0.3) is 0 Å². The van der Waals surface area contributed by atoms with Crippen LogP contribution in [0.2, 0.25) is 0 Å². The van der Waals surface area contributed by atoms with Gasteiger partial charge < -0.3 is 0 Å². The van der Waals surface area contributed by atoms with E-state index >= 15 is 0 Å². The molecule has 0 amide bonds. The Labute approximate surface area is 98.9 Å². The molecule has 1 atom stereocenters. The van der Waals surface area contributed by atoms with Crippen LogP contribution in [-0.2, 0) is 5.41 Å². The number of benzene rings is 1. The van der Waals surface area contributed by atoms with Crippen molar-refractivity contribution in [3.8, 4) is 0 Å². The molecule has 1 unspecified atom stereocenters. The molecule has 90 valence electrons. The number of hydrogen-bond donors (Lipinski definition) is 0. The van der Waals surface area contributed by atoms with Gasteiger partial charge in [0.2, 0.25) is 0 Å². The lowest BCUT2D eigenvalue weighted by atomic mass is 9.68. The predicted octanol–water partition coefficient (Wildman–Crippen LogP) is 4.79. The highest BCUT2D eigenvalue weighted by atomic mass is 19.1. The molecule has 0 bridgehead atoms. The van der Waals surface area contributed by atoms with E-state index in [0.29, 0.717) is 11.8 Å². The van der Waals surface area contributed by atoms with Crippen LogP contribution in [0.5, 0.6) is 0 Å². The summed E-state index contributed by atoms with van der Waals surface area (Å²) in [5.41, 5.74) is 1.39. The van der Waals surface area contributed by atoms with Crippen LogP contribution in [0.15, 0.2) is 24.3 Å². The van der Waals surface area contributed by atoms with Crippen LogP contribution < -0.4 is 0 Å². The number of halogens is 1. The first-order chi connectivity index (χ1) is 7.36. The van der Waals surface area contributed by atoms with Crippen molar-refractivity contribution in [2.45, 2.75) is 46.5 Å². The van der Waals surface area contributed by atoms with Gasteiger partial charge in [-0.2, -0.15) is 0 Å². The molecule has 0 radical (unpaired) electrons. The van der Waals surface area contributed by atoms with Gasteiger partial charge in [0.05, 0.1) is 0 Å². The molecular formula is C15H23F. The third-order valence-corrected chi connectivity index (χ3v) is 3.61. The molecule has 0 N–H and O–H groups in total. The highest BCUT2D eigenvalue weighted by Crippen LogP contribution is 2.37. The Kier molecular flexibility index (Phi) is 4.12. The molecule has 1 aromatic rings. The maximum Gasteiger partial charge on any atom is 0.123 e. The fourth-order valence-electron chi connectivity index (χ4n) is 2.37. The van der Waals surface area contributed by atoms with Crippen LogP contribution in [0, 0.1) is 17.7 Å². The minimum atomic E-state index is -0.153. The van der Waals surface area contributed by atoms with Crippen molar-refractivity contribution in [2.75, 3.05) is 0 Å². The van der Waals surface area contributed by atoms with E-state index in [1.54, 1.807) is 12.1 Å². The largest absolute Gasteiger partial charge is 0.207 e. The molecule has 0 heterocycles. The van der Waals surface area contributed by atoms with Gasteiger partial charge in [-0.1, -0.05) is 46.8 Å². The first kappa shape index (κ1) is 13.2. The molecule has 0 spiro atoms. The fraction of sp³-hybridized carbons (Fsp3) is 0.600. The molecule has 1 rings (SSSR count). The van der Waals surface area contributed by atoms with Crippen molar-refractivity contribution in [1.29, 1.82) is 0 Å². The summed E-state index contributed by atoms with van der Waals surface area (Å²) in [6.45, 7) is 11.2. The molecule has 0 fully saturated rings. The Bertz CT molecular complexity index is 324. The van der Waals surface area contributed by atoms with Gasteiger partial charge in [-0.25, -0.2) is 4.39 Å². The number of hydrogen-bond acceptors (Lipinski definition) is 0. The van der Waals surface area contributed by atoms with Crippen molar-refractivity contribution in [1.82, 2.24) is 0 Å². The maximum atomic E-state index is 12.9. The second-order valence-corrected chi connectivity index (χ2v) is 5.68. The second kappa shape index (κ2) is 4.99. The summed E-state index contributed by atoms with van der Waals surface area (Å²) in [6.07, 6.45) is 1.14. The summed E-state index contributed by atoms with van der Waals surface area (Å²) in [7, 11) is 0. The molecule has 1 heteroatoms. The highest BCUT2D eigenvalue weighted by molar-refractivity contribution is 5.25. The SMILES string of the molecule is CC(C)CC(C)(c1ccc(F)cc1)C(C)C. The van der Waals surface area contributed by atoms with Gasteiger partial charge >= 0.3 is 0 Å². The first-order valence-corrected chi connectivity index (χ1v) is 6.12. The summed E-state index contributed by atoms with van der Waals surface area (Å²) in [5, 5.41) is 0. The molecule has 0 aliphatic carbocycles. The van der Waals surface area contributed by atoms with Crippen molar-refractivity contribution in [3.05, 3.63) is 35.6 Å². The zero-order chi connectivity index (χ0) is 12.3. The molecular weight excluding hydrogens is 199 g/mol. The summed E-state index contributed by atoms with van der Waals surface area (Å²) >= 11 is 0. The van der Waals surface area contributed by atoms with Crippen LogP contribution in [0.3, 0.4) is 0 Å². The molecule has 0 nitrogen and oxygen atoms in total. The lowest BCUT2D eigenvalue weighted by Crippen LogP contribution is -2.30. The Hall–Kier alpha value is -0.850. The minimum Gasteiger partial charge on any atom is -0.207 e. The zero-order valence-corrected chi connectivity index (χ0v) is 11.0. The zero-order valence-electron chi connectivity index (χ0n) is 11.0. The van der Waals surface area contributed by atoms with E-state index in [0.717, 1.165) is 6.42 Å². The topological polar surface area (TPSA) is 0 Å². The maximum absolute atomic E-state index is 12.9. The molecule has 0 saturated carbocycles. The quantitative estimate of drug-likeness (QED) is 0.687. The van der Waals surface area contributed by atoms with Crippen molar-refractivity contribution < 1.29 is 4.39 Å². The van der Waals surface area contributed by atoms with E-state index in [1.807, 2.05) is 12.1 Å². The third kappa shape index (κ3) is 2.84. The fourth-order valence-corrected chi connectivity index (χ4v) is 2.37. The Morgan fingerprint density at radius 3 is 1.94 bits per heavy atom. The van der Waals surface area contributed by atoms with Crippen molar-refractivity contribution >= 4 is 0 Å². The average molecular weight is 222 g/mol. The van der Waals surface area contributed by atoms with Gasteiger partial charge in [-0.05, 0) is 41.4 Å². The van der Waals surface area contributed by atoms with E-state index < -0.39 is 0 Å². The van der Waals surface area contributed by atoms with Crippen molar-refractivity contribution in [2.24, 2.45) is 11.8 Å². The van der Waals surface area contributed by atoms with E-state index in [1.165, 1.54) is 5.56 Å². The normalized spacial score (nSPS) is 15.5. The van der Waals surface area contributed by atoms with Gasteiger partial charge in [0.15, 0.2) is 0 Å². The van der Waals surface area contributed by atoms with Crippen LogP contribution in [0.25, 0.3) is 0 Å². The molecule has 0 aromatic heterocycles. The lowest BCUT2D eigenvalue weighted by molar-refractivity contribution is 0.276. The average Bonchev–Trinajstić information content (AvgIpc) is 2.17. The smallest absolute Gasteiger partial charge is 0.123 e. The molecule has 0 aliphatic heterocycles. The van der Waals surface area contributed by atoms with Crippen LogP contribution >= 0.6 is 0 Å². The lowest BCUT2D eigenvalue weighted by Gasteiger charge is -2.36. The standard InChI is InChI=1S/C15H23F/c1-11(2)10-15(5,12(3)4)13-6-8-14(16)9-7-13/h6-9,11-12H,10H2,1-5H3. The second-order valence-electron chi connectivity index (χ2n) is 5.68. The summed E-state index contributed by atoms with van der Waals surface area (Å²) < 4.78 is 12.9. The Morgan fingerprint density at radius 2 is 1.56 bits per heavy atom. The van der Waals surface area contributed by atoms with Gasteiger partial charge in [0, 0.05) is 0 Å². The van der Waals surface area contributed by atoms with Gasteiger partial charge in [-0.3, -0.25) is 0 Å². The monoisotopic (exact) mass is 222 g/mol. The predicted molar refractivity (Wildman–Crippen MR) is 68.0 cm³/mol. The minimum absolute atomic E-state index is 0.141. The Morgan fingerprint density at radius 1 is 1.06 bits per heavy atom. The summed E-state index contributed by atoms with van der Waals surface area (Å²) in [5.74, 6) is 1.05. The van der Waals surface area contributed by atoms with Gasteiger partial charge in [-0.15, -0.1) is 0 Å².